The number of anilines is 2. The minimum atomic E-state index is -0.630. The van der Waals surface area contributed by atoms with E-state index in [1.54, 1.807) is 24.5 Å². The van der Waals surface area contributed by atoms with Gasteiger partial charge in [0.25, 0.3) is 0 Å². The van der Waals surface area contributed by atoms with E-state index in [1.165, 1.54) is 19.5 Å². The number of ether oxygens (including phenoxy) is 2. The Labute approximate surface area is 175 Å². The van der Waals surface area contributed by atoms with Gasteiger partial charge in [-0.15, -0.1) is 0 Å². The van der Waals surface area contributed by atoms with Crippen LogP contribution in [0.2, 0.25) is 5.02 Å². The molecule has 0 saturated carbocycles. The number of aromatic amines is 1. The maximum absolute atomic E-state index is 14.2. The topological polar surface area (TPSA) is 105 Å². The number of halogens is 2. The van der Waals surface area contributed by atoms with Crippen molar-refractivity contribution in [3.63, 3.8) is 0 Å². The fourth-order valence-corrected chi connectivity index (χ4v) is 3.04. The lowest BCUT2D eigenvalue weighted by atomic mass is 10.2. The number of fused-ring (bicyclic) bond motifs is 1. The molecule has 4 rings (SSSR count). The SMILES string of the molecule is COc1cc2c(Nc3cc(O)c(Cl)cc3F)ncnc2cc1OCCc1ncc[nH]1. The van der Waals surface area contributed by atoms with Crippen molar-refractivity contribution in [3.05, 3.63) is 59.7 Å². The number of phenols is 1. The van der Waals surface area contributed by atoms with Crippen molar-refractivity contribution in [2.45, 2.75) is 6.42 Å². The minimum Gasteiger partial charge on any atom is -0.506 e. The summed E-state index contributed by atoms with van der Waals surface area (Å²) in [6, 6.07) is 5.63. The van der Waals surface area contributed by atoms with Crippen LogP contribution in [0.5, 0.6) is 17.2 Å². The van der Waals surface area contributed by atoms with Gasteiger partial charge in [0.15, 0.2) is 11.5 Å². The van der Waals surface area contributed by atoms with Crippen molar-refractivity contribution in [2.24, 2.45) is 0 Å². The zero-order valence-corrected chi connectivity index (χ0v) is 16.6. The summed E-state index contributed by atoms with van der Waals surface area (Å²) in [7, 11) is 1.52. The molecule has 0 aliphatic heterocycles. The molecule has 0 atom stereocenters. The highest BCUT2D eigenvalue weighted by molar-refractivity contribution is 6.32. The van der Waals surface area contributed by atoms with E-state index in [1.807, 2.05) is 0 Å². The van der Waals surface area contributed by atoms with Crippen LogP contribution in [0.1, 0.15) is 5.82 Å². The van der Waals surface area contributed by atoms with E-state index in [-0.39, 0.29) is 16.5 Å². The largest absolute Gasteiger partial charge is 0.506 e. The Morgan fingerprint density at radius 1 is 1.17 bits per heavy atom. The predicted molar refractivity (Wildman–Crippen MR) is 110 cm³/mol. The van der Waals surface area contributed by atoms with Gasteiger partial charge in [-0.1, -0.05) is 11.6 Å². The van der Waals surface area contributed by atoms with Crippen LogP contribution in [0.25, 0.3) is 10.9 Å². The molecule has 3 N–H and O–H groups in total. The van der Waals surface area contributed by atoms with E-state index in [9.17, 15) is 9.50 Å². The van der Waals surface area contributed by atoms with Crippen molar-refractivity contribution in [1.29, 1.82) is 0 Å². The second-order valence-corrected chi connectivity index (χ2v) is 6.69. The van der Waals surface area contributed by atoms with Gasteiger partial charge in [0.05, 0.1) is 29.9 Å². The Morgan fingerprint density at radius 2 is 2.03 bits per heavy atom. The molecule has 0 radical (unpaired) electrons. The van der Waals surface area contributed by atoms with Crippen molar-refractivity contribution in [1.82, 2.24) is 19.9 Å². The molecular formula is C20H17ClFN5O3. The number of nitrogens with zero attached hydrogens (tertiary/aromatic N) is 3. The predicted octanol–water partition coefficient (Wildman–Crippen LogP) is 4.22. The summed E-state index contributed by atoms with van der Waals surface area (Å²) in [6.07, 6.45) is 5.38. The number of nitrogens with one attached hydrogen (secondary N) is 2. The zero-order valence-electron chi connectivity index (χ0n) is 15.8. The van der Waals surface area contributed by atoms with Crippen LogP contribution in [-0.2, 0) is 6.42 Å². The van der Waals surface area contributed by atoms with Crippen LogP contribution < -0.4 is 14.8 Å². The lowest BCUT2D eigenvalue weighted by Gasteiger charge is -2.14. The van der Waals surface area contributed by atoms with Crippen LogP contribution in [0.15, 0.2) is 43.0 Å². The number of hydrogen-bond acceptors (Lipinski definition) is 7. The van der Waals surface area contributed by atoms with Crippen molar-refractivity contribution >= 4 is 34.0 Å². The summed E-state index contributed by atoms with van der Waals surface area (Å²) in [6.45, 7) is 0.390. The van der Waals surface area contributed by atoms with Crippen molar-refractivity contribution < 1.29 is 19.0 Å². The van der Waals surface area contributed by atoms with Crippen LogP contribution >= 0.6 is 11.6 Å². The molecule has 10 heteroatoms. The zero-order chi connectivity index (χ0) is 21.1. The summed E-state index contributed by atoms with van der Waals surface area (Å²) < 4.78 is 25.5. The molecule has 0 bridgehead atoms. The molecule has 0 amide bonds. The van der Waals surface area contributed by atoms with Gasteiger partial charge in [-0.2, -0.15) is 0 Å². The number of methoxy groups -OCH3 is 1. The molecule has 0 saturated heterocycles. The van der Waals surface area contributed by atoms with Gasteiger partial charge in [-0.3, -0.25) is 0 Å². The van der Waals surface area contributed by atoms with Gasteiger partial charge in [0, 0.05) is 36.3 Å². The van der Waals surface area contributed by atoms with E-state index in [2.05, 4.69) is 25.3 Å². The number of imidazole rings is 1. The second-order valence-electron chi connectivity index (χ2n) is 6.29. The Balaban J connectivity index is 1.63. The number of benzene rings is 2. The summed E-state index contributed by atoms with van der Waals surface area (Å²) in [5.74, 6) is 1.26. The first kappa shape index (κ1) is 19.7. The van der Waals surface area contributed by atoms with Gasteiger partial charge in [-0.25, -0.2) is 19.3 Å². The second kappa shape index (κ2) is 8.42. The molecule has 0 fully saturated rings. The molecule has 2 heterocycles. The molecule has 4 aromatic rings. The summed E-state index contributed by atoms with van der Waals surface area (Å²) in [5.41, 5.74) is 0.592. The molecule has 2 aromatic carbocycles. The van der Waals surface area contributed by atoms with E-state index in [0.29, 0.717) is 41.2 Å². The average Bonchev–Trinajstić information content (AvgIpc) is 3.25. The lowest BCUT2D eigenvalue weighted by molar-refractivity contribution is 0.296. The molecule has 0 aliphatic rings. The molecule has 0 unspecified atom stereocenters. The molecule has 154 valence electrons. The highest BCUT2D eigenvalue weighted by atomic mass is 35.5. The number of hydrogen-bond donors (Lipinski definition) is 3. The first-order valence-electron chi connectivity index (χ1n) is 8.94. The van der Waals surface area contributed by atoms with Gasteiger partial charge in [0.2, 0.25) is 0 Å². The van der Waals surface area contributed by atoms with E-state index in [4.69, 9.17) is 21.1 Å². The minimum absolute atomic E-state index is 0.0228. The maximum Gasteiger partial charge on any atom is 0.163 e. The van der Waals surface area contributed by atoms with E-state index in [0.717, 1.165) is 11.9 Å². The molecular weight excluding hydrogens is 413 g/mol. The van der Waals surface area contributed by atoms with Crippen LogP contribution in [0.4, 0.5) is 15.9 Å². The van der Waals surface area contributed by atoms with Crippen LogP contribution in [0.3, 0.4) is 0 Å². The average molecular weight is 430 g/mol. The van der Waals surface area contributed by atoms with Gasteiger partial charge >= 0.3 is 0 Å². The van der Waals surface area contributed by atoms with Gasteiger partial charge < -0.3 is 24.9 Å². The number of aromatic nitrogens is 4. The third-order valence-corrected chi connectivity index (χ3v) is 4.66. The maximum atomic E-state index is 14.2. The molecule has 2 aromatic heterocycles. The third kappa shape index (κ3) is 4.06. The summed E-state index contributed by atoms with van der Waals surface area (Å²) in [4.78, 5) is 15.6. The Morgan fingerprint density at radius 3 is 2.80 bits per heavy atom. The lowest BCUT2D eigenvalue weighted by Crippen LogP contribution is -2.04. The van der Waals surface area contributed by atoms with Crippen molar-refractivity contribution in [3.8, 4) is 17.2 Å². The first-order valence-corrected chi connectivity index (χ1v) is 9.32. The summed E-state index contributed by atoms with van der Waals surface area (Å²) in [5, 5.41) is 13.1. The monoisotopic (exact) mass is 429 g/mol. The number of H-pyrrole nitrogens is 1. The molecule has 0 aliphatic carbocycles. The first-order chi connectivity index (χ1) is 14.5. The standard InChI is InChI=1S/C20H17ClFN5O3/c1-29-17-6-11-14(9-18(17)30-5-2-19-23-3-4-24-19)25-10-26-20(11)27-15-8-16(28)12(21)7-13(15)22/h3-4,6-10,28H,2,5H2,1H3,(H,23,24)(H,25,26,27). The number of phenolic OH excluding ortho intramolecular Hbond substituents is 1. The number of aromatic hydroxyl groups is 1. The Hall–Kier alpha value is -3.59. The van der Waals surface area contributed by atoms with E-state index < -0.39 is 5.82 Å². The Bertz CT molecular complexity index is 1190. The quantitative estimate of drug-likeness (QED) is 0.404. The van der Waals surface area contributed by atoms with Crippen LogP contribution in [0, 0.1) is 5.82 Å². The molecule has 0 spiro atoms. The fourth-order valence-electron chi connectivity index (χ4n) is 2.89. The van der Waals surface area contributed by atoms with Gasteiger partial charge in [-0.05, 0) is 12.1 Å². The van der Waals surface area contributed by atoms with Crippen LogP contribution in [-0.4, -0.2) is 38.8 Å². The fraction of sp³-hybridized carbons (Fsp3) is 0.150. The van der Waals surface area contributed by atoms with Gasteiger partial charge in [0.1, 0.15) is 29.5 Å². The molecule has 8 nitrogen and oxygen atoms in total. The normalized spacial score (nSPS) is 10.9. The highest BCUT2D eigenvalue weighted by Crippen LogP contribution is 2.36. The smallest absolute Gasteiger partial charge is 0.163 e. The van der Waals surface area contributed by atoms with E-state index >= 15 is 0 Å². The Kier molecular flexibility index (Phi) is 5.53. The highest BCUT2D eigenvalue weighted by Gasteiger charge is 2.14. The van der Waals surface area contributed by atoms with Crippen molar-refractivity contribution in [2.75, 3.05) is 19.0 Å². The molecule has 30 heavy (non-hydrogen) atoms. The summed E-state index contributed by atoms with van der Waals surface area (Å²) >= 11 is 5.74. The third-order valence-electron chi connectivity index (χ3n) is 4.36. The number of rotatable bonds is 7.